The Hall–Kier alpha value is -2.26. The molecule has 0 aliphatic heterocycles. The second-order valence-electron chi connectivity index (χ2n) is 7.36. The van der Waals surface area contributed by atoms with Crippen molar-refractivity contribution in [2.45, 2.75) is 44.4 Å². The smallest absolute Gasteiger partial charge is 0.259 e. The number of rotatable bonds is 6. The van der Waals surface area contributed by atoms with E-state index in [9.17, 15) is 18.4 Å². The average Bonchev–Trinajstić information content (AvgIpc) is 3.08. The molecule has 1 amide bonds. The van der Waals surface area contributed by atoms with Crippen LogP contribution in [0.2, 0.25) is 0 Å². The minimum absolute atomic E-state index is 0.105. The van der Waals surface area contributed by atoms with Crippen molar-refractivity contribution in [2.24, 2.45) is 0 Å². The molecule has 0 radical (unpaired) electrons. The summed E-state index contributed by atoms with van der Waals surface area (Å²) in [5.41, 5.74) is 1.54. The van der Waals surface area contributed by atoms with Crippen LogP contribution in [-0.2, 0) is 23.4 Å². The number of nitrogens with one attached hydrogen (secondary N) is 2. The number of aromatic nitrogens is 2. The van der Waals surface area contributed by atoms with Gasteiger partial charge in [0, 0.05) is 4.88 Å². The lowest BCUT2D eigenvalue weighted by molar-refractivity contribution is -0.119. The summed E-state index contributed by atoms with van der Waals surface area (Å²) < 4.78 is 26.4. The quantitative estimate of drug-likeness (QED) is 0.590. The number of H-pyrrole nitrogens is 1. The molecule has 0 saturated carbocycles. The highest BCUT2D eigenvalue weighted by atomic mass is 32.2. The Bertz CT molecular complexity index is 1160. The summed E-state index contributed by atoms with van der Waals surface area (Å²) in [6.07, 6.45) is 4.20. The maximum absolute atomic E-state index is 13.4. The van der Waals surface area contributed by atoms with Gasteiger partial charge in [-0.1, -0.05) is 6.07 Å². The first-order chi connectivity index (χ1) is 14.4. The minimum atomic E-state index is -0.941. The van der Waals surface area contributed by atoms with Crippen molar-refractivity contribution in [2.75, 3.05) is 5.75 Å². The number of aryl methyl sites for hydroxylation is 2. The fourth-order valence-electron chi connectivity index (χ4n) is 3.67. The van der Waals surface area contributed by atoms with E-state index in [2.05, 4.69) is 15.3 Å². The van der Waals surface area contributed by atoms with E-state index in [0.717, 1.165) is 53.6 Å². The van der Waals surface area contributed by atoms with Gasteiger partial charge in [0.2, 0.25) is 5.91 Å². The first-order valence-corrected chi connectivity index (χ1v) is 11.7. The van der Waals surface area contributed by atoms with Crippen LogP contribution in [0.15, 0.2) is 23.0 Å². The molecule has 5 nitrogen and oxygen atoms in total. The number of aromatic amines is 1. The molecule has 9 heteroatoms. The molecule has 1 atom stereocenters. The zero-order chi connectivity index (χ0) is 21.3. The molecule has 0 bridgehead atoms. The van der Waals surface area contributed by atoms with Gasteiger partial charge >= 0.3 is 0 Å². The lowest BCUT2D eigenvalue weighted by Gasteiger charge is -2.14. The number of carbonyl (C=O) groups is 1. The molecule has 2 heterocycles. The van der Waals surface area contributed by atoms with Crippen molar-refractivity contribution in [3.8, 4) is 0 Å². The van der Waals surface area contributed by atoms with Gasteiger partial charge in [0.15, 0.2) is 11.6 Å². The minimum Gasteiger partial charge on any atom is -0.349 e. The Balaban J connectivity index is 1.35. The first kappa shape index (κ1) is 21.0. The van der Waals surface area contributed by atoms with E-state index in [1.807, 2.05) is 0 Å². The normalized spacial score (nSPS) is 14.5. The summed E-state index contributed by atoms with van der Waals surface area (Å²) in [7, 11) is 0. The van der Waals surface area contributed by atoms with Crippen LogP contribution in [0.5, 0.6) is 0 Å². The van der Waals surface area contributed by atoms with E-state index in [4.69, 9.17) is 0 Å². The van der Waals surface area contributed by atoms with Gasteiger partial charge in [-0.25, -0.2) is 13.8 Å². The highest BCUT2D eigenvalue weighted by Crippen LogP contribution is 2.33. The number of carbonyl (C=O) groups excluding carboxylic acids is 1. The Morgan fingerprint density at radius 3 is 2.90 bits per heavy atom. The summed E-state index contributed by atoms with van der Waals surface area (Å²) in [4.78, 5) is 34.2. The molecule has 158 valence electrons. The van der Waals surface area contributed by atoms with Crippen LogP contribution in [0.1, 0.15) is 47.6 Å². The molecule has 30 heavy (non-hydrogen) atoms. The monoisotopic (exact) mass is 449 g/mol. The maximum atomic E-state index is 13.4. The molecule has 0 saturated heterocycles. The van der Waals surface area contributed by atoms with Crippen LogP contribution in [0, 0.1) is 11.6 Å². The maximum Gasteiger partial charge on any atom is 0.259 e. The van der Waals surface area contributed by atoms with Gasteiger partial charge in [-0.15, -0.1) is 23.1 Å². The van der Waals surface area contributed by atoms with Crippen LogP contribution < -0.4 is 10.9 Å². The fraction of sp³-hybridized carbons (Fsp3) is 0.381. The van der Waals surface area contributed by atoms with Crippen LogP contribution in [0.3, 0.4) is 0 Å². The molecule has 2 aromatic heterocycles. The highest BCUT2D eigenvalue weighted by Gasteiger charge is 2.20. The van der Waals surface area contributed by atoms with Gasteiger partial charge in [-0.2, -0.15) is 0 Å². The number of benzene rings is 1. The molecule has 2 N–H and O–H groups in total. The van der Waals surface area contributed by atoms with Gasteiger partial charge in [-0.05, 0) is 55.9 Å². The van der Waals surface area contributed by atoms with Crippen molar-refractivity contribution < 1.29 is 13.6 Å². The predicted octanol–water partition coefficient (Wildman–Crippen LogP) is 4.25. The van der Waals surface area contributed by atoms with Crippen molar-refractivity contribution in [1.82, 2.24) is 15.3 Å². The Morgan fingerprint density at radius 2 is 2.10 bits per heavy atom. The third-order valence-electron chi connectivity index (χ3n) is 5.17. The van der Waals surface area contributed by atoms with Crippen molar-refractivity contribution in [3.63, 3.8) is 0 Å². The standard InChI is InChI=1S/C21H21F2N3O2S2/c1-11(12-6-7-14(22)15(23)8-12)24-18(27)10-29-9-17-25-20(28)19-13-4-2-3-5-16(13)30-21(19)26-17/h6-8,11H,2-5,9-10H2,1H3,(H,24,27)(H,25,26,28). The van der Waals surface area contributed by atoms with E-state index in [0.29, 0.717) is 17.1 Å². The van der Waals surface area contributed by atoms with Gasteiger partial charge < -0.3 is 10.3 Å². The molecule has 3 aromatic rings. The third kappa shape index (κ3) is 4.41. The number of amides is 1. The first-order valence-electron chi connectivity index (χ1n) is 9.78. The van der Waals surface area contributed by atoms with Crippen LogP contribution in [-0.4, -0.2) is 21.6 Å². The molecular formula is C21H21F2N3O2S2. The summed E-state index contributed by atoms with van der Waals surface area (Å²) in [5.74, 6) is -0.969. The summed E-state index contributed by atoms with van der Waals surface area (Å²) in [6.45, 7) is 1.71. The van der Waals surface area contributed by atoms with Gasteiger partial charge in [0.1, 0.15) is 10.7 Å². The topological polar surface area (TPSA) is 74.8 Å². The Kier molecular flexibility index (Phi) is 6.19. The largest absolute Gasteiger partial charge is 0.349 e. The van der Waals surface area contributed by atoms with Crippen molar-refractivity contribution in [1.29, 1.82) is 0 Å². The molecule has 0 spiro atoms. The lowest BCUT2D eigenvalue weighted by Crippen LogP contribution is -2.28. The molecular weight excluding hydrogens is 428 g/mol. The Labute approximate surface area is 180 Å². The number of halogens is 2. The molecule has 4 rings (SSSR count). The number of thiophene rings is 1. The molecule has 0 fully saturated rings. The van der Waals surface area contributed by atoms with E-state index in [1.165, 1.54) is 22.7 Å². The van der Waals surface area contributed by atoms with E-state index >= 15 is 0 Å². The fourth-order valence-corrected chi connectivity index (χ4v) is 5.65. The molecule has 1 aromatic carbocycles. The molecule has 1 unspecified atom stereocenters. The number of fused-ring (bicyclic) bond motifs is 3. The van der Waals surface area contributed by atoms with Gasteiger partial charge in [-0.3, -0.25) is 9.59 Å². The van der Waals surface area contributed by atoms with Gasteiger partial charge in [0.25, 0.3) is 5.56 Å². The molecule has 1 aliphatic rings. The van der Waals surface area contributed by atoms with E-state index < -0.39 is 17.7 Å². The SMILES string of the molecule is CC(NC(=O)CSCc1nc2sc3c(c2c(=O)[nH]1)CCCC3)c1ccc(F)c(F)c1. The Morgan fingerprint density at radius 1 is 1.30 bits per heavy atom. The van der Waals surface area contributed by atoms with Crippen molar-refractivity contribution >= 4 is 39.2 Å². The molecule has 1 aliphatic carbocycles. The lowest BCUT2D eigenvalue weighted by atomic mass is 9.97. The number of hydrogen-bond acceptors (Lipinski definition) is 5. The zero-order valence-corrected chi connectivity index (χ0v) is 18.0. The summed E-state index contributed by atoms with van der Waals surface area (Å²) in [5, 5.41) is 3.49. The second kappa shape index (κ2) is 8.85. The number of nitrogens with zero attached hydrogens (tertiary/aromatic N) is 1. The number of hydrogen-bond donors (Lipinski definition) is 2. The van der Waals surface area contributed by atoms with Crippen LogP contribution in [0.25, 0.3) is 10.2 Å². The predicted molar refractivity (Wildman–Crippen MR) is 116 cm³/mol. The highest BCUT2D eigenvalue weighted by molar-refractivity contribution is 7.99. The summed E-state index contributed by atoms with van der Waals surface area (Å²) >= 11 is 2.93. The van der Waals surface area contributed by atoms with Crippen LogP contribution in [0.4, 0.5) is 8.78 Å². The number of thioether (sulfide) groups is 1. The second-order valence-corrected chi connectivity index (χ2v) is 9.43. The van der Waals surface area contributed by atoms with E-state index in [1.54, 1.807) is 18.3 Å². The third-order valence-corrected chi connectivity index (χ3v) is 7.30. The average molecular weight is 450 g/mol. The van der Waals surface area contributed by atoms with Gasteiger partial charge in [0.05, 0.1) is 22.9 Å². The zero-order valence-electron chi connectivity index (χ0n) is 16.4. The summed E-state index contributed by atoms with van der Waals surface area (Å²) in [6, 6.07) is 3.13. The van der Waals surface area contributed by atoms with Crippen molar-refractivity contribution in [3.05, 3.63) is 62.0 Å². The van der Waals surface area contributed by atoms with E-state index in [-0.39, 0.29) is 17.2 Å². The van der Waals surface area contributed by atoms with Crippen LogP contribution >= 0.6 is 23.1 Å².